The van der Waals surface area contributed by atoms with Gasteiger partial charge in [0.2, 0.25) is 0 Å². The topological polar surface area (TPSA) is 88.6 Å². The van der Waals surface area contributed by atoms with E-state index in [0.29, 0.717) is 29.5 Å². The number of rotatable bonds is 6. The van der Waals surface area contributed by atoms with E-state index in [-0.39, 0.29) is 12.2 Å². The van der Waals surface area contributed by atoms with Gasteiger partial charge in [0.15, 0.2) is 11.2 Å². The van der Waals surface area contributed by atoms with Gasteiger partial charge in [-0.3, -0.25) is 9.52 Å². The van der Waals surface area contributed by atoms with Crippen molar-refractivity contribution in [3.8, 4) is 5.75 Å². The number of thiazole rings is 1. The second-order valence-electron chi connectivity index (χ2n) is 6.64. The summed E-state index contributed by atoms with van der Waals surface area (Å²) in [6, 6.07) is 13.8. The molecule has 9 heteroatoms. The lowest BCUT2D eigenvalue weighted by Crippen LogP contribution is -2.32. The van der Waals surface area contributed by atoms with Gasteiger partial charge < -0.3 is 9.64 Å². The number of carbonyl (C=O) groups is 1. The van der Waals surface area contributed by atoms with Crippen LogP contribution in [-0.2, 0) is 14.8 Å². The summed E-state index contributed by atoms with van der Waals surface area (Å²) >= 11 is 1.20. The van der Waals surface area contributed by atoms with E-state index in [1.165, 1.54) is 29.7 Å². The highest BCUT2D eigenvalue weighted by Gasteiger charge is 2.34. The van der Waals surface area contributed by atoms with Crippen LogP contribution in [0.2, 0.25) is 0 Å². The van der Waals surface area contributed by atoms with E-state index in [1.807, 2.05) is 31.2 Å². The van der Waals surface area contributed by atoms with Crippen molar-refractivity contribution < 1.29 is 19.4 Å². The Balaban J connectivity index is 0.00000256. The summed E-state index contributed by atoms with van der Waals surface area (Å²) in [5.41, 5.74) is 1.70. The summed E-state index contributed by atoms with van der Waals surface area (Å²) < 4.78 is 33.2. The predicted molar refractivity (Wildman–Crippen MR) is 114 cm³/mol. The number of amides is 1. The van der Waals surface area contributed by atoms with E-state index in [1.54, 1.807) is 22.4 Å². The fourth-order valence-electron chi connectivity index (χ4n) is 3.13. The van der Waals surface area contributed by atoms with Crippen molar-refractivity contribution in [3.63, 3.8) is 0 Å². The molecule has 0 saturated carbocycles. The van der Waals surface area contributed by atoms with Gasteiger partial charge in [-0.25, -0.2) is 13.4 Å². The lowest BCUT2D eigenvalue weighted by atomic mass is 10.2. The van der Waals surface area contributed by atoms with Crippen molar-refractivity contribution in [2.75, 3.05) is 16.2 Å². The smallest absolute Gasteiger partial charge is 0.268 e. The molecule has 0 bridgehead atoms. The van der Waals surface area contributed by atoms with Gasteiger partial charge in [0.05, 0.1) is 4.90 Å². The van der Waals surface area contributed by atoms with Gasteiger partial charge in [-0.1, -0.05) is 12.1 Å². The summed E-state index contributed by atoms with van der Waals surface area (Å²) in [6.45, 7) is 2.48. The Labute approximate surface area is 174 Å². The molecule has 7 nitrogen and oxygen atoms in total. The van der Waals surface area contributed by atoms with Crippen molar-refractivity contribution in [1.82, 2.24) is 4.98 Å². The maximum absolute atomic E-state index is 12.8. The van der Waals surface area contributed by atoms with Crippen LogP contribution in [0.4, 0.5) is 10.8 Å². The average molecular weight is 432 g/mol. The molecule has 0 radical (unpaired) electrons. The van der Waals surface area contributed by atoms with E-state index in [0.717, 1.165) is 5.56 Å². The molecule has 1 aromatic heterocycles. The molecule has 1 amide bonds. The number of aromatic nitrogens is 1. The Hall–Kier alpha value is -2.91. The Morgan fingerprint density at radius 1 is 1.24 bits per heavy atom. The molecule has 3 aromatic rings. The van der Waals surface area contributed by atoms with Crippen LogP contribution in [0.1, 0.15) is 13.4 Å². The second-order valence-corrected chi connectivity index (χ2v) is 9.22. The first-order valence-corrected chi connectivity index (χ1v) is 11.4. The molecule has 1 unspecified atom stereocenters. The zero-order chi connectivity index (χ0) is 20.4. The third kappa shape index (κ3) is 4.25. The van der Waals surface area contributed by atoms with E-state index in [9.17, 15) is 13.2 Å². The lowest BCUT2D eigenvalue weighted by molar-refractivity contribution is -0.122. The molecule has 2 aromatic carbocycles. The first kappa shape index (κ1) is 19.4. The second kappa shape index (κ2) is 7.84. The Morgan fingerprint density at radius 2 is 2.03 bits per heavy atom. The van der Waals surface area contributed by atoms with Crippen LogP contribution in [0.15, 0.2) is 65.0 Å². The van der Waals surface area contributed by atoms with Crippen LogP contribution in [0.5, 0.6) is 5.75 Å². The quantitative estimate of drug-likeness (QED) is 0.643. The zero-order valence-electron chi connectivity index (χ0n) is 15.6. The fourth-order valence-corrected chi connectivity index (χ4v) is 4.91. The lowest BCUT2D eigenvalue weighted by Gasteiger charge is -2.18. The number of hydrogen-bond donors (Lipinski definition) is 1. The Kier molecular flexibility index (Phi) is 5.25. The Morgan fingerprint density at radius 3 is 2.72 bits per heavy atom. The summed E-state index contributed by atoms with van der Waals surface area (Å²) in [4.78, 5) is 18.4. The van der Waals surface area contributed by atoms with Crippen LogP contribution in [0.3, 0.4) is 0 Å². The summed E-state index contributed by atoms with van der Waals surface area (Å²) in [6.07, 6.45) is 1.55. The molecule has 1 saturated heterocycles. The molecule has 1 aliphatic heterocycles. The highest BCUT2D eigenvalue weighted by atomic mass is 32.2. The number of benzene rings is 2. The minimum atomic E-state index is -3.72. The largest absolute Gasteiger partial charge is 0.481 e. The monoisotopic (exact) mass is 431 g/mol. The van der Waals surface area contributed by atoms with Gasteiger partial charge in [0, 0.05) is 31.7 Å². The summed E-state index contributed by atoms with van der Waals surface area (Å²) in [5, 5.41) is 2.00. The van der Waals surface area contributed by atoms with Crippen molar-refractivity contribution in [2.45, 2.75) is 24.3 Å². The van der Waals surface area contributed by atoms with Crippen LogP contribution < -0.4 is 14.4 Å². The van der Waals surface area contributed by atoms with Crippen molar-refractivity contribution in [3.05, 3.63) is 65.7 Å². The molecule has 1 N–H and O–H groups in total. The minimum Gasteiger partial charge on any atom is -0.481 e. The van der Waals surface area contributed by atoms with Gasteiger partial charge in [-0.2, -0.15) is 0 Å². The molecule has 4 rings (SSSR count). The van der Waals surface area contributed by atoms with Crippen molar-refractivity contribution >= 4 is 38.1 Å². The van der Waals surface area contributed by atoms with E-state index >= 15 is 0 Å². The number of carbonyl (C=O) groups excluding carboxylic acids is 1. The number of anilines is 2. The molecule has 1 aliphatic rings. The van der Waals surface area contributed by atoms with Gasteiger partial charge in [-0.15, -0.1) is 11.3 Å². The summed E-state index contributed by atoms with van der Waals surface area (Å²) in [5.74, 6) is 0.530. The number of nitrogens with zero attached hydrogens (tertiary/aromatic N) is 2. The average Bonchev–Trinajstić information content (AvgIpc) is 3.32. The number of nitrogens with one attached hydrogen (secondary N) is 1. The molecule has 29 heavy (non-hydrogen) atoms. The minimum absolute atomic E-state index is 0. The SMILES string of the molecule is Cc1cccc(OC2CCN(c3ccc(S(=O)(=O)Nc4nccs4)cc3)C2=O)c1.[HH]. The van der Waals surface area contributed by atoms with E-state index in [4.69, 9.17) is 4.74 Å². The van der Waals surface area contributed by atoms with Crippen LogP contribution in [0.25, 0.3) is 0 Å². The first-order valence-electron chi connectivity index (χ1n) is 8.99. The van der Waals surface area contributed by atoms with Crippen LogP contribution in [-0.4, -0.2) is 32.0 Å². The van der Waals surface area contributed by atoms with Gasteiger partial charge >= 0.3 is 0 Å². The number of aryl methyl sites for hydroxylation is 1. The predicted octanol–water partition coefficient (Wildman–Crippen LogP) is 3.68. The molecule has 2 heterocycles. The molecule has 1 fully saturated rings. The van der Waals surface area contributed by atoms with Crippen LogP contribution in [0, 0.1) is 6.92 Å². The Bertz CT molecular complexity index is 1120. The zero-order valence-corrected chi connectivity index (χ0v) is 17.2. The normalized spacial score (nSPS) is 16.8. The van der Waals surface area contributed by atoms with E-state index < -0.39 is 16.1 Å². The van der Waals surface area contributed by atoms with Crippen molar-refractivity contribution in [1.29, 1.82) is 0 Å². The molecule has 152 valence electrons. The van der Waals surface area contributed by atoms with Gasteiger partial charge in [0.25, 0.3) is 15.9 Å². The van der Waals surface area contributed by atoms with Gasteiger partial charge in [-0.05, 0) is 48.9 Å². The third-order valence-electron chi connectivity index (χ3n) is 4.54. The van der Waals surface area contributed by atoms with Crippen LogP contribution >= 0.6 is 11.3 Å². The maximum atomic E-state index is 12.8. The highest BCUT2D eigenvalue weighted by Crippen LogP contribution is 2.27. The number of ether oxygens (including phenoxy) is 1. The summed E-state index contributed by atoms with van der Waals surface area (Å²) in [7, 11) is -3.72. The number of sulfonamides is 1. The molecular formula is C20H21N3O4S2. The standard InChI is InChI=1S/C20H19N3O4S2.H2/c1-14-3-2-4-16(13-14)27-18-9-11-23(19(18)24)15-5-7-17(8-6-15)29(25,26)22-20-21-10-12-28-20;/h2-8,10,12-13,18H,9,11H2,1H3,(H,21,22);1H. The van der Waals surface area contributed by atoms with E-state index in [2.05, 4.69) is 9.71 Å². The molecule has 0 spiro atoms. The number of hydrogen-bond acceptors (Lipinski definition) is 6. The van der Waals surface area contributed by atoms with Gasteiger partial charge in [0.1, 0.15) is 5.75 Å². The third-order valence-corrected chi connectivity index (χ3v) is 6.71. The van der Waals surface area contributed by atoms with Crippen molar-refractivity contribution in [2.24, 2.45) is 0 Å². The molecular weight excluding hydrogens is 410 g/mol. The first-order chi connectivity index (χ1) is 13.9. The fraction of sp³-hybridized carbons (Fsp3) is 0.200. The molecule has 0 aliphatic carbocycles. The maximum Gasteiger partial charge on any atom is 0.268 e. The highest BCUT2D eigenvalue weighted by molar-refractivity contribution is 7.93. The molecule has 1 atom stereocenters.